The molecule has 0 bridgehead atoms. The van der Waals surface area contributed by atoms with Gasteiger partial charge in [0.25, 0.3) is 0 Å². The molecule has 0 radical (unpaired) electrons. The molecule has 1 aromatic heterocycles. The Hall–Kier alpha value is -0.940. The Morgan fingerprint density at radius 1 is 1.00 bits per heavy atom. The van der Waals surface area contributed by atoms with Crippen LogP contribution in [0.5, 0.6) is 0 Å². The Bertz CT molecular complexity index is 554. The zero-order valence-electron chi connectivity index (χ0n) is 12.3. The first-order chi connectivity index (χ1) is 9.15. The molecule has 2 aromatic rings. The lowest BCUT2D eigenvalue weighted by Gasteiger charge is -2.18. The van der Waals surface area contributed by atoms with Gasteiger partial charge in [-0.2, -0.15) is 11.3 Å². The van der Waals surface area contributed by atoms with E-state index in [9.17, 15) is 0 Å². The minimum Gasteiger partial charge on any atom is -0.399 e. The minimum absolute atomic E-state index is 0. The summed E-state index contributed by atoms with van der Waals surface area (Å²) in [6.45, 7) is 7.44. The van der Waals surface area contributed by atoms with Crippen molar-refractivity contribution in [3.63, 3.8) is 0 Å². The number of hydrogen-bond donors (Lipinski definition) is 2. The average molecular weight is 348 g/mol. The maximum absolute atomic E-state index is 6.08. The number of nitrogens with two attached hydrogens (primary N) is 2. The molecule has 0 atom stereocenters. The molecule has 2 rings (SSSR count). The lowest BCUT2D eigenvalue weighted by Crippen LogP contribution is -2.22. The van der Waals surface area contributed by atoms with Gasteiger partial charge in [-0.05, 0) is 53.2 Å². The van der Waals surface area contributed by atoms with Gasteiger partial charge in [0, 0.05) is 23.5 Å². The van der Waals surface area contributed by atoms with E-state index in [4.69, 9.17) is 11.5 Å². The van der Waals surface area contributed by atoms with Crippen molar-refractivity contribution in [1.82, 2.24) is 4.90 Å². The van der Waals surface area contributed by atoms with Crippen LogP contribution >= 0.6 is 36.2 Å². The van der Waals surface area contributed by atoms with Gasteiger partial charge < -0.3 is 11.5 Å². The first kappa shape index (κ1) is 20.1. The molecule has 0 saturated heterocycles. The third kappa shape index (κ3) is 4.78. The van der Waals surface area contributed by atoms with Crippen molar-refractivity contribution >= 4 is 47.5 Å². The quantitative estimate of drug-likeness (QED) is 0.794. The second-order valence-corrected chi connectivity index (χ2v) is 5.36. The molecular formula is C15H23Cl2N3S. The van der Waals surface area contributed by atoms with Crippen LogP contribution in [0.25, 0.3) is 11.1 Å². The van der Waals surface area contributed by atoms with E-state index in [1.807, 2.05) is 18.2 Å². The summed E-state index contributed by atoms with van der Waals surface area (Å²) in [5, 5.41) is 4.36. The molecule has 0 aliphatic carbocycles. The molecule has 21 heavy (non-hydrogen) atoms. The predicted octanol–water partition coefficient (Wildman–Crippen LogP) is 4.26. The van der Waals surface area contributed by atoms with Crippen molar-refractivity contribution in [2.45, 2.75) is 20.4 Å². The molecule has 0 amide bonds. The van der Waals surface area contributed by atoms with Crippen molar-refractivity contribution in [2.24, 2.45) is 0 Å². The molecule has 4 N–H and O–H groups in total. The summed E-state index contributed by atoms with van der Waals surface area (Å²) >= 11 is 1.72. The number of halogens is 2. The number of thiophene rings is 1. The molecule has 0 spiro atoms. The van der Waals surface area contributed by atoms with Gasteiger partial charge >= 0.3 is 0 Å². The maximum atomic E-state index is 6.08. The Labute approximate surface area is 143 Å². The molecule has 1 heterocycles. The first-order valence-corrected chi connectivity index (χ1v) is 7.52. The molecular weight excluding hydrogens is 325 g/mol. The molecule has 6 heteroatoms. The number of benzene rings is 1. The highest BCUT2D eigenvalue weighted by Gasteiger charge is 2.12. The normalized spacial score (nSPS) is 10.0. The molecule has 3 nitrogen and oxygen atoms in total. The molecule has 1 aromatic carbocycles. The summed E-state index contributed by atoms with van der Waals surface area (Å²) in [4.78, 5) is 2.40. The fourth-order valence-electron chi connectivity index (χ4n) is 2.18. The monoisotopic (exact) mass is 347 g/mol. The SMILES string of the molecule is CCN(CC)Cc1cscc1-c1cc(N)ccc1N.Cl.Cl. The maximum Gasteiger partial charge on any atom is 0.0395 e. The third-order valence-corrected chi connectivity index (χ3v) is 4.19. The average Bonchev–Trinajstić information content (AvgIpc) is 2.86. The molecule has 0 aliphatic rings. The second kappa shape index (κ2) is 9.15. The van der Waals surface area contributed by atoms with E-state index in [0.717, 1.165) is 36.6 Å². The van der Waals surface area contributed by atoms with E-state index < -0.39 is 0 Å². The Morgan fingerprint density at radius 2 is 1.67 bits per heavy atom. The van der Waals surface area contributed by atoms with Crippen LogP contribution in [0.3, 0.4) is 0 Å². The number of nitrogens with zero attached hydrogens (tertiary/aromatic N) is 1. The van der Waals surface area contributed by atoms with Gasteiger partial charge in [-0.3, -0.25) is 4.90 Å². The van der Waals surface area contributed by atoms with Crippen molar-refractivity contribution in [1.29, 1.82) is 0 Å². The zero-order chi connectivity index (χ0) is 13.8. The van der Waals surface area contributed by atoms with E-state index in [1.165, 1.54) is 11.1 Å². The minimum atomic E-state index is 0. The van der Waals surface area contributed by atoms with Gasteiger partial charge in [-0.15, -0.1) is 24.8 Å². The standard InChI is InChI=1S/C15H21N3S.2ClH/c1-3-18(4-2)8-11-9-19-10-14(11)13-7-12(16)5-6-15(13)17;;/h5-7,9-10H,3-4,8,16-17H2,1-2H3;2*1H. The fourth-order valence-corrected chi connectivity index (χ4v) is 3.03. The predicted molar refractivity (Wildman–Crippen MR) is 99.7 cm³/mol. The van der Waals surface area contributed by atoms with Crippen LogP contribution < -0.4 is 11.5 Å². The Balaban J connectivity index is 0.00000200. The van der Waals surface area contributed by atoms with Crippen LogP contribution in [0.15, 0.2) is 29.0 Å². The van der Waals surface area contributed by atoms with E-state index in [-0.39, 0.29) is 24.8 Å². The van der Waals surface area contributed by atoms with Crippen molar-refractivity contribution < 1.29 is 0 Å². The Morgan fingerprint density at radius 3 is 2.29 bits per heavy atom. The van der Waals surface area contributed by atoms with Gasteiger partial charge in [0.15, 0.2) is 0 Å². The lowest BCUT2D eigenvalue weighted by atomic mass is 10.0. The van der Waals surface area contributed by atoms with Crippen LogP contribution in [0.1, 0.15) is 19.4 Å². The topological polar surface area (TPSA) is 55.3 Å². The van der Waals surface area contributed by atoms with Gasteiger partial charge in [0.1, 0.15) is 0 Å². The van der Waals surface area contributed by atoms with E-state index in [2.05, 4.69) is 29.5 Å². The van der Waals surface area contributed by atoms with Gasteiger partial charge in [0.2, 0.25) is 0 Å². The summed E-state index contributed by atoms with van der Waals surface area (Å²) < 4.78 is 0. The number of anilines is 2. The summed E-state index contributed by atoms with van der Waals surface area (Å²) in [6, 6.07) is 5.68. The van der Waals surface area contributed by atoms with Crippen molar-refractivity contribution in [3.8, 4) is 11.1 Å². The number of hydrogen-bond acceptors (Lipinski definition) is 4. The van der Waals surface area contributed by atoms with E-state index >= 15 is 0 Å². The summed E-state index contributed by atoms with van der Waals surface area (Å²) in [5.41, 5.74) is 17.1. The zero-order valence-corrected chi connectivity index (χ0v) is 14.8. The number of nitrogen functional groups attached to an aromatic ring is 2. The van der Waals surface area contributed by atoms with Crippen LogP contribution in [0.4, 0.5) is 11.4 Å². The lowest BCUT2D eigenvalue weighted by molar-refractivity contribution is 0.296. The van der Waals surface area contributed by atoms with Crippen LogP contribution in [0, 0.1) is 0 Å². The second-order valence-electron chi connectivity index (χ2n) is 4.62. The largest absolute Gasteiger partial charge is 0.399 e. The molecule has 0 fully saturated rings. The van der Waals surface area contributed by atoms with Gasteiger partial charge in [0.05, 0.1) is 0 Å². The smallest absolute Gasteiger partial charge is 0.0395 e. The number of rotatable bonds is 5. The summed E-state index contributed by atoms with van der Waals surface area (Å²) in [5.74, 6) is 0. The molecule has 118 valence electrons. The molecule has 0 aliphatic heterocycles. The van der Waals surface area contributed by atoms with Crippen LogP contribution in [-0.4, -0.2) is 18.0 Å². The van der Waals surface area contributed by atoms with Crippen molar-refractivity contribution in [3.05, 3.63) is 34.5 Å². The fraction of sp³-hybridized carbons (Fsp3) is 0.333. The highest BCUT2D eigenvalue weighted by Crippen LogP contribution is 2.33. The first-order valence-electron chi connectivity index (χ1n) is 6.58. The highest BCUT2D eigenvalue weighted by atomic mass is 35.5. The summed E-state index contributed by atoms with van der Waals surface area (Å²) in [6.07, 6.45) is 0. The van der Waals surface area contributed by atoms with E-state index in [1.54, 1.807) is 11.3 Å². The third-order valence-electron chi connectivity index (χ3n) is 3.40. The van der Waals surface area contributed by atoms with Gasteiger partial charge in [-0.25, -0.2) is 0 Å². The van der Waals surface area contributed by atoms with Crippen molar-refractivity contribution in [2.75, 3.05) is 24.6 Å². The molecule has 0 saturated carbocycles. The van der Waals surface area contributed by atoms with Crippen LogP contribution in [0.2, 0.25) is 0 Å². The summed E-state index contributed by atoms with van der Waals surface area (Å²) in [7, 11) is 0. The van der Waals surface area contributed by atoms with Crippen LogP contribution in [-0.2, 0) is 6.54 Å². The van der Waals surface area contributed by atoms with E-state index in [0.29, 0.717) is 0 Å². The highest BCUT2D eigenvalue weighted by molar-refractivity contribution is 7.08. The van der Waals surface area contributed by atoms with Gasteiger partial charge in [-0.1, -0.05) is 13.8 Å². The Kier molecular flexibility index (Phi) is 8.74. The molecule has 0 unspecified atom stereocenters.